The van der Waals surface area contributed by atoms with Gasteiger partial charge in [0.2, 0.25) is 0 Å². The van der Waals surface area contributed by atoms with Crippen LogP contribution in [0.15, 0.2) is 0 Å². The molecule has 0 aliphatic heterocycles. The van der Waals surface area contributed by atoms with Gasteiger partial charge in [-0.05, 0) is 18.8 Å². The van der Waals surface area contributed by atoms with Gasteiger partial charge in [-0.25, -0.2) is 4.84 Å². The van der Waals surface area contributed by atoms with E-state index in [1.165, 1.54) is 0 Å². The quantitative estimate of drug-likeness (QED) is 0.449. The Kier molecular flexibility index (Phi) is 51.6. The maximum atomic E-state index is 4.75. The molecule has 0 aromatic heterocycles. The molecule has 1 N–H and O–H groups in total. The van der Waals surface area contributed by atoms with Crippen molar-refractivity contribution in [3.05, 3.63) is 0 Å². The predicted molar refractivity (Wildman–Crippen MR) is 26.3 cm³/mol. The largest absolute Gasteiger partial charge is 0.237 e. The molecular formula is C3H10ClN. The van der Waals surface area contributed by atoms with Crippen LogP contribution in [0.3, 0.4) is 0 Å². The van der Waals surface area contributed by atoms with Gasteiger partial charge in [-0.1, -0.05) is 13.8 Å². The molecule has 0 saturated carbocycles. The number of hydrogen-bond acceptors (Lipinski definition) is 1. The minimum absolute atomic E-state index is 1.64. The molecule has 0 aliphatic rings. The molecule has 0 amide bonds. The Hall–Kier alpha value is 0.250. The highest BCUT2D eigenvalue weighted by Gasteiger charge is 1.29. The maximum Gasteiger partial charge on any atom is -0.000695 e. The monoisotopic (exact) mass is 95.1 g/mol. The molecule has 0 fully saturated rings. The molecule has 0 unspecified atom stereocenters. The van der Waals surface area contributed by atoms with Crippen LogP contribution in [0.4, 0.5) is 0 Å². The summed E-state index contributed by atoms with van der Waals surface area (Å²) in [6.45, 7) is 4.00. The molecule has 5 heavy (non-hydrogen) atoms. The Balaban J connectivity index is 0. The second-order valence-corrected chi connectivity index (χ2v) is 0.567. The Bertz CT molecular complexity index is 6.85. The molecular weight excluding hydrogens is 85.5 g/mol. The predicted octanol–water partition coefficient (Wildman–Crippen LogP) is 1.39. The van der Waals surface area contributed by atoms with Crippen LogP contribution < -0.4 is 4.84 Å². The van der Waals surface area contributed by atoms with Crippen LogP contribution in [-0.4, -0.2) is 7.05 Å². The highest BCUT2D eigenvalue weighted by molar-refractivity contribution is 6.13. The summed E-state index contributed by atoms with van der Waals surface area (Å²) in [6, 6.07) is 0. The second-order valence-electron chi connectivity index (χ2n) is 0.189. The van der Waals surface area contributed by atoms with E-state index in [0.29, 0.717) is 0 Å². The summed E-state index contributed by atoms with van der Waals surface area (Å²) in [5.41, 5.74) is 0. The van der Waals surface area contributed by atoms with Crippen LogP contribution in [0.1, 0.15) is 13.8 Å². The van der Waals surface area contributed by atoms with Crippen molar-refractivity contribution >= 4 is 11.8 Å². The van der Waals surface area contributed by atoms with Crippen LogP contribution in [0.5, 0.6) is 0 Å². The SMILES string of the molecule is CC.CNCl. The molecule has 0 bridgehead atoms. The van der Waals surface area contributed by atoms with Crippen molar-refractivity contribution in [2.45, 2.75) is 13.8 Å². The van der Waals surface area contributed by atoms with Crippen LogP contribution in [0.25, 0.3) is 0 Å². The van der Waals surface area contributed by atoms with Crippen molar-refractivity contribution in [3.8, 4) is 0 Å². The van der Waals surface area contributed by atoms with Crippen molar-refractivity contribution in [1.29, 1.82) is 0 Å². The average Bonchev–Trinajstić information content (AvgIpc) is 1.46. The van der Waals surface area contributed by atoms with Crippen molar-refractivity contribution < 1.29 is 0 Å². The zero-order valence-electron chi connectivity index (χ0n) is 3.88. The van der Waals surface area contributed by atoms with Gasteiger partial charge in [0.25, 0.3) is 0 Å². The first-order chi connectivity index (χ1) is 2.41. The van der Waals surface area contributed by atoms with E-state index in [-0.39, 0.29) is 0 Å². The molecule has 0 radical (unpaired) electrons. The topological polar surface area (TPSA) is 12.0 Å². The average molecular weight is 95.6 g/mol. The van der Waals surface area contributed by atoms with E-state index in [9.17, 15) is 0 Å². The van der Waals surface area contributed by atoms with Gasteiger partial charge in [-0.3, -0.25) is 0 Å². The summed E-state index contributed by atoms with van der Waals surface area (Å²) in [5, 5.41) is 0. The summed E-state index contributed by atoms with van der Waals surface area (Å²) < 4.78 is 0. The summed E-state index contributed by atoms with van der Waals surface area (Å²) in [4.78, 5) is 2.22. The van der Waals surface area contributed by atoms with Crippen LogP contribution in [-0.2, 0) is 0 Å². The van der Waals surface area contributed by atoms with Gasteiger partial charge in [-0.15, -0.1) is 0 Å². The third-order valence-electron chi connectivity index (χ3n) is 0. The van der Waals surface area contributed by atoms with E-state index < -0.39 is 0 Å². The first-order valence-corrected chi connectivity index (χ1v) is 2.07. The highest BCUT2D eigenvalue weighted by Crippen LogP contribution is 1.38. The highest BCUT2D eigenvalue weighted by atomic mass is 35.5. The molecule has 2 heteroatoms. The minimum Gasteiger partial charge on any atom is -0.237 e. The third-order valence-corrected chi connectivity index (χ3v) is 0. The van der Waals surface area contributed by atoms with Gasteiger partial charge in [0.15, 0.2) is 0 Å². The Morgan fingerprint density at radius 2 is 1.40 bits per heavy atom. The molecule has 0 rings (SSSR count). The smallest absolute Gasteiger partial charge is 0.000695 e. The molecule has 0 aliphatic carbocycles. The Morgan fingerprint density at radius 1 is 1.40 bits per heavy atom. The van der Waals surface area contributed by atoms with Gasteiger partial charge in [0.05, 0.1) is 0 Å². The van der Waals surface area contributed by atoms with Crippen molar-refractivity contribution in [2.24, 2.45) is 0 Å². The lowest BCUT2D eigenvalue weighted by Crippen LogP contribution is -1.76. The second kappa shape index (κ2) is 28.7. The van der Waals surface area contributed by atoms with Gasteiger partial charge in [0.1, 0.15) is 0 Å². The first kappa shape index (κ1) is 8.98. The van der Waals surface area contributed by atoms with E-state index in [1.807, 2.05) is 13.8 Å². The molecule has 34 valence electrons. The van der Waals surface area contributed by atoms with E-state index in [0.717, 1.165) is 0 Å². The summed E-state index contributed by atoms with van der Waals surface area (Å²) in [5.74, 6) is 0. The van der Waals surface area contributed by atoms with Gasteiger partial charge >= 0.3 is 0 Å². The molecule has 0 aromatic carbocycles. The fraction of sp³-hybridized carbons (Fsp3) is 1.00. The standard InChI is InChI=1S/C2H6.CH4ClN/c1-2;1-3-2/h1-2H3;3H,1H3. The van der Waals surface area contributed by atoms with Crippen LogP contribution in [0, 0.1) is 0 Å². The fourth-order valence-corrected chi connectivity index (χ4v) is 0. The lowest BCUT2D eigenvalue weighted by molar-refractivity contribution is 1.28. The zero-order valence-corrected chi connectivity index (χ0v) is 4.63. The molecule has 0 aromatic rings. The molecule has 0 saturated heterocycles. The third kappa shape index (κ3) is 344. The zero-order chi connectivity index (χ0) is 4.71. The normalized spacial score (nSPS) is 4.80. The van der Waals surface area contributed by atoms with Crippen molar-refractivity contribution in [1.82, 2.24) is 4.84 Å². The van der Waals surface area contributed by atoms with Gasteiger partial charge in [0, 0.05) is 0 Å². The minimum atomic E-state index is 1.64. The molecule has 1 nitrogen and oxygen atoms in total. The molecule has 0 atom stereocenters. The van der Waals surface area contributed by atoms with Gasteiger partial charge in [-0.2, -0.15) is 0 Å². The van der Waals surface area contributed by atoms with Crippen molar-refractivity contribution in [3.63, 3.8) is 0 Å². The number of halogens is 1. The lowest BCUT2D eigenvalue weighted by Gasteiger charge is -1.54. The van der Waals surface area contributed by atoms with Crippen molar-refractivity contribution in [2.75, 3.05) is 7.05 Å². The van der Waals surface area contributed by atoms with E-state index in [1.54, 1.807) is 7.05 Å². The fourth-order valence-electron chi connectivity index (χ4n) is 0. The first-order valence-electron chi connectivity index (χ1n) is 1.69. The van der Waals surface area contributed by atoms with E-state index in [4.69, 9.17) is 11.8 Å². The lowest BCUT2D eigenvalue weighted by atomic mass is 11.0. The van der Waals surface area contributed by atoms with Gasteiger partial charge < -0.3 is 0 Å². The number of hydrogen-bond donors (Lipinski definition) is 1. The number of nitrogens with one attached hydrogen (secondary N) is 1. The van der Waals surface area contributed by atoms with E-state index in [2.05, 4.69) is 4.84 Å². The Morgan fingerprint density at radius 3 is 1.40 bits per heavy atom. The summed E-state index contributed by atoms with van der Waals surface area (Å²) in [6.07, 6.45) is 0. The summed E-state index contributed by atoms with van der Waals surface area (Å²) in [7, 11) is 1.64. The molecule has 0 spiro atoms. The Labute approximate surface area is 38.4 Å². The maximum absolute atomic E-state index is 4.75. The summed E-state index contributed by atoms with van der Waals surface area (Å²) >= 11 is 4.75. The van der Waals surface area contributed by atoms with Crippen LogP contribution in [0.2, 0.25) is 0 Å². The van der Waals surface area contributed by atoms with E-state index >= 15 is 0 Å². The molecule has 0 heterocycles. The van der Waals surface area contributed by atoms with Crippen LogP contribution >= 0.6 is 11.8 Å². The number of rotatable bonds is 0.